The molecule has 5 nitrogen and oxygen atoms in total. The number of carbonyl (C=O) groups is 2. The van der Waals surface area contributed by atoms with E-state index in [1.807, 2.05) is 12.1 Å². The molecule has 1 aromatic carbocycles. The third kappa shape index (κ3) is 3.02. The van der Waals surface area contributed by atoms with Gasteiger partial charge in [-0.3, -0.25) is 14.6 Å². The minimum absolute atomic E-state index is 0.517. The van der Waals surface area contributed by atoms with Crippen molar-refractivity contribution in [3.63, 3.8) is 0 Å². The Morgan fingerprint density at radius 3 is 2.81 bits per heavy atom. The van der Waals surface area contributed by atoms with Gasteiger partial charge in [0, 0.05) is 18.1 Å². The Labute approximate surface area is 122 Å². The van der Waals surface area contributed by atoms with Crippen LogP contribution in [-0.4, -0.2) is 23.3 Å². The molecule has 0 spiro atoms. The van der Waals surface area contributed by atoms with Gasteiger partial charge in [0.2, 0.25) is 0 Å². The molecule has 21 heavy (non-hydrogen) atoms. The lowest BCUT2D eigenvalue weighted by Gasteiger charge is -2.08. The first-order valence-corrected chi connectivity index (χ1v) is 7.08. The van der Waals surface area contributed by atoms with Gasteiger partial charge in [-0.2, -0.15) is 0 Å². The van der Waals surface area contributed by atoms with Crippen LogP contribution in [0.5, 0.6) is 0 Å². The van der Waals surface area contributed by atoms with Crippen LogP contribution in [0, 0.1) is 11.8 Å². The number of rotatable bonds is 3. The maximum absolute atomic E-state index is 11.9. The SMILES string of the molecule is C[C@H]1C[C@H]1CNC(=O)C(=O)Nc1cccc2ncccc12. The minimum Gasteiger partial charge on any atom is -0.348 e. The highest BCUT2D eigenvalue weighted by Gasteiger charge is 2.32. The van der Waals surface area contributed by atoms with Crippen molar-refractivity contribution in [3.05, 3.63) is 36.5 Å². The van der Waals surface area contributed by atoms with Crippen molar-refractivity contribution in [2.24, 2.45) is 11.8 Å². The van der Waals surface area contributed by atoms with Crippen LogP contribution >= 0.6 is 0 Å². The maximum Gasteiger partial charge on any atom is 0.313 e. The van der Waals surface area contributed by atoms with Crippen LogP contribution in [0.4, 0.5) is 5.69 Å². The van der Waals surface area contributed by atoms with E-state index in [2.05, 4.69) is 22.5 Å². The summed E-state index contributed by atoms with van der Waals surface area (Å²) < 4.78 is 0. The first kappa shape index (κ1) is 13.5. The van der Waals surface area contributed by atoms with Crippen molar-refractivity contribution in [3.8, 4) is 0 Å². The highest BCUT2D eigenvalue weighted by Crippen LogP contribution is 2.36. The lowest BCUT2D eigenvalue weighted by atomic mass is 10.2. The lowest BCUT2D eigenvalue weighted by molar-refractivity contribution is -0.136. The van der Waals surface area contributed by atoms with Gasteiger partial charge in [0.05, 0.1) is 11.2 Å². The third-order valence-electron chi connectivity index (χ3n) is 3.90. The van der Waals surface area contributed by atoms with Gasteiger partial charge in [0.1, 0.15) is 0 Å². The van der Waals surface area contributed by atoms with E-state index in [0.29, 0.717) is 24.1 Å². The number of amides is 2. The minimum atomic E-state index is -0.639. The topological polar surface area (TPSA) is 71.1 Å². The van der Waals surface area contributed by atoms with Crippen molar-refractivity contribution in [2.45, 2.75) is 13.3 Å². The van der Waals surface area contributed by atoms with Crippen LogP contribution < -0.4 is 10.6 Å². The number of nitrogens with zero attached hydrogens (tertiary/aromatic N) is 1. The van der Waals surface area contributed by atoms with Crippen LogP contribution in [0.15, 0.2) is 36.5 Å². The molecule has 0 saturated heterocycles. The summed E-state index contributed by atoms with van der Waals surface area (Å²) in [5, 5.41) is 6.14. The van der Waals surface area contributed by atoms with Gasteiger partial charge >= 0.3 is 11.8 Å². The Hall–Kier alpha value is -2.43. The average molecular weight is 283 g/mol. The number of nitrogens with one attached hydrogen (secondary N) is 2. The molecule has 1 aliphatic carbocycles. The zero-order valence-corrected chi connectivity index (χ0v) is 11.8. The first-order chi connectivity index (χ1) is 10.1. The summed E-state index contributed by atoms with van der Waals surface area (Å²) in [6.07, 6.45) is 2.81. The number of benzene rings is 1. The summed E-state index contributed by atoms with van der Waals surface area (Å²) in [7, 11) is 0. The van der Waals surface area contributed by atoms with Crippen molar-refractivity contribution < 1.29 is 9.59 Å². The van der Waals surface area contributed by atoms with Crippen molar-refractivity contribution in [1.29, 1.82) is 0 Å². The van der Waals surface area contributed by atoms with Crippen LogP contribution in [0.3, 0.4) is 0 Å². The second-order valence-electron chi connectivity index (χ2n) is 5.51. The molecule has 2 aromatic rings. The van der Waals surface area contributed by atoms with Crippen LogP contribution in [0.1, 0.15) is 13.3 Å². The summed E-state index contributed by atoms with van der Waals surface area (Å²) in [4.78, 5) is 27.9. The number of fused-ring (bicyclic) bond motifs is 1. The van der Waals surface area contributed by atoms with E-state index in [-0.39, 0.29) is 0 Å². The smallest absolute Gasteiger partial charge is 0.313 e. The van der Waals surface area contributed by atoms with E-state index in [1.54, 1.807) is 24.4 Å². The molecule has 3 rings (SSSR count). The van der Waals surface area contributed by atoms with Gasteiger partial charge in [0.15, 0.2) is 0 Å². The second-order valence-corrected chi connectivity index (χ2v) is 5.51. The maximum atomic E-state index is 11.9. The molecule has 1 heterocycles. The summed E-state index contributed by atoms with van der Waals surface area (Å²) in [5.41, 5.74) is 1.38. The molecule has 2 N–H and O–H groups in total. The monoisotopic (exact) mass is 283 g/mol. The molecule has 2 amide bonds. The molecule has 0 bridgehead atoms. The Kier molecular flexibility index (Phi) is 3.56. The normalized spacial score (nSPS) is 20.0. The number of hydrogen-bond acceptors (Lipinski definition) is 3. The van der Waals surface area contributed by atoms with Gasteiger partial charge in [-0.15, -0.1) is 0 Å². The van der Waals surface area contributed by atoms with E-state index < -0.39 is 11.8 Å². The highest BCUT2D eigenvalue weighted by molar-refractivity contribution is 6.40. The number of anilines is 1. The van der Waals surface area contributed by atoms with Gasteiger partial charge in [-0.05, 0) is 42.5 Å². The van der Waals surface area contributed by atoms with Gasteiger partial charge in [-0.25, -0.2) is 0 Å². The number of hydrogen-bond donors (Lipinski definition) is 2. The quantitative estimate of drug-likeness (QED) is 0.846. The van der Waals surface area contributed by atoms with Crippen LogP contribution in [0.25, 0.3) is 10.9 Å². The van der Waals surface area contributed by atoms with Crippen molar-refractivity contribution in [2.75, 3.05) is 11.9 Å². The Bertz CT molecular complexity index is 693. The number of aromatic nitrogens is 1. The third-order valence-corrected chi connectivity index (χ3v) is 3.90. The van der Waals surface area contributed by atoms with Crippen molar-refractivity contribution >= 4 is 28.4 Å². The van der Waals surface area contributed by atoms with Crippen LogP contribution in [-0.2, 0) is 9.59 Å². The van der Waals surface area contributed by atoms with E-state index in [9.17, 15) is 9.59 Å². The summed E-state index contributed by atoms with van der Waals surface area (Å²) in [5.74, 6) is -0.0596. The second kappa shape index (κ2) is 5.52. The molecule has 0 aliphatic heterocycles. The molecule has 0 radical (unpaired) electrons. The standard InChI is InChI=1S/C16H17N3O2/c1-10-8-11(10)9-18-15(20)16(21)19-14-6-2-5-13-12(14)4-3-7-17-13/h2-7,10-11H,8-9H2,1H3,(H,18,20)(H,19,21)/t10-,11-/m0/s1. The Balaban J connectivity index is 1.66. The van der Waals surface area contributed by atoms with Gasteiger partial charge in [0.25, 0.3) is 0 Å². The molecule has 2 atom stereocenters. The van der Waals surface area contributed by atoms with Gasteiger partial charge < -0.3 is 10.6 Å². The zero-order chi connectivity index (χ0) is 14.8. The molecule has 108 valence electrons. The predicted molar refractivity (Wildman–Crippen MR) is 80.7 cm³/mol. The molecular weight excluding hydrogens is 266 g/mol. The first-order valence-electron chi connectivity index (χ1n) is 7.08. The number of pyridine rings is 1. The van der Waals surface area contributed by atoms with Gasteiger partial charge in [-0.1, -0.05) is 13.0 Å². The van der Waals surface area contributed by atoms with Crippen molar-refractivity contribution in [1.82, 2.24) is 10.3 Å². The molecule has 1 saturated carbocycles. The van der Waals surface area contributed by atoms with Crippen LogP contribution in [0.2, 0.25) is 0 Å². The molecular formula is C16H17N3O2. The summed E-state index contributed by atoms with van der Waals surface area (Å²) >= 11 is 0. The average Bonchev–Trinajstić information content (AvgIpc) is 3.21. The van der Waals surface area contributed by atoms with E-state index in [1.165, 1.54) is 0 Å². The van der Waals surface area contributed by atoms with E-state index in [0.717, 1.165) is 17.3 Å². The molecule has 1 aromatic heterocycles. The largest absolute Gasteiger partial charge is 0.348 e. The fourth-order valence-corrected chi connectivity index (χ4v) is 2.38. The molecule has 0 unspecified atom stereocenters. The Morgan fingerprint density at radius 1 is 1.24 bits per heavy atom. The number of carbonyl (C=O) groups excluding carboxylic acids is 2. The molecule has 1 aliphatic rings. The highest BCUT2D eigenvalue weighted by atomic mass is 16.2. The Morgan fingerprint density at radius 2 is 2.05 bits per heavy atom. The van der Waals surface area contributed by atoms with E-state index >= 15 is 0 Å². The lowest BCUT2D eigenvalue weighted by Crippen LogP contribution is -2.36. The summed E-state index contributed by atoms with van der Waals surface area (Å²) in [6, 6.07) is 9.08. The zero-order valence-electron chi connectivity index (χ0n) is 11.8. The van der Waals surface area contributed by atoms with E-state index in [4.69, 9.17) is 0 Å². The fraction of sp³-hybridized carbons (Fsp3) is 0.312. The molecule has 5 heteroatoms. The molecule has 1 fully saturated rings. The fourth-order valence-electron chi connectivity index (χ4n) is 2.38. The summed E-state index contributed by atoms with van der Waals surface area (Å²) in [6.45, 7) is 2.71. The predicted octanol–water partition coefficient (Wildman–Crippen LogP) is 1.95.